The Morgan fingerprint density at radius 3 is 1.10 bits per heavy atom. The molecule has 0 radical (unpaired) electrons. The summed E-state index contributed by atoms with van der Waals surface area (Å²) in [6.07, 6.45) is 0. The quantitative estimate of drug-likeness (QED) is 0.122. The summed E-state index contributed by atoms with van der Waals surface area (Å²) < 4.78 is 0. The molecule has 318 valence electrons. The maximum Gasteiger partial charge on any atom is -0.000718 e. The summed E-state index contributed by atoms with van der Waals surface area (Å²) in [5.74, 6) is 0. The first-order valence-electron chi connectivity index (χ1n) is 24.6. The van der Waals surface area contributed by atoms with Gasteiger partial charge in [0, 0.05) is 0 Å². The average Bonchev–Trinajstić information content (AvgIpc) is 4.07. The lowest BCUT2D eigenvalue weighted by molar-refractivity contribution is 1.61. The van der Waals surface area contributed by atoms with Crippen LogP contribution < -0.4 is 0 Å². The summed E-state index contributed by atoms with van der Waals surface area (Å²) in [5, 5.41) is 26.6. The Balaban J connectivity index is 1.08. The number of rotatable bonds is 4. The van der Waals surface area contributed by atoms with Crippen LogP contribution in [0.3, 0.4) is 0 Å². The second-order valence-corrected chi connectivity index (χ2v) is 19.7. The molecular weight excluding hydrogens is 841 g/mol. The highest BCUT2D eigenvalue weighted by molar-refractivity contribution is 6.49. The smallest absolute Gasteiger partial charge is 0.000718 e. The zero-order chi connectivity index (χ0) is 45.3. The van der Waals surface area contributed by atoms with Crippen molar-refractivity contribution in [1.82, 2.24) is 0 Å². The minimum atomic E-state index is 1.22. The molecule has 0 aliphatic heterocycles. The van der Waals surface area contributed by atoms with Crippen LogP contribution in [0.1, 0.15) is 0 Å². The van der Waals surface area contributed by atoms with Crippen molar-refractivity contribution in [3.05, 3.63) is 231 Å². The molecule has 0 atom stereocenters. The van der Waals surface area contributed by atoms with Crippen LogP contribution in [0.4, 0.5) is 0 Å². The molecule has 0 unspecified atom stereocenters. The van der Waals surface area contributed by atoms with Gasteiger partial charge in [0.25, 0.3) is 0 Å². The number of fused-ring (bicyclic) bond motifs is 13. The predicted octanol–water partition coefficient (Wildman–Crippen LogP) is 19.8. The van der Waals surface area contributed by atoms with Crippen LogP contribution in [0.2, 0.25) is 0 Å². The van der Waals surface area contributed by atoms with Gasteiger partial charge in [-0.05, 0) is 181 Å². The molecule has 0 saturated carbocycles. The molecule has 0 amide bonds. The van der Waals surface area contributed by atoms with E-state index < -0.39 is 0 Å². The number of hydrogen-bond acceptors (Lipinski definition) is 0. The average molecular weight is 879 g/mol. The van der Waals surface area contributed by atoms with E-state index in [4.69, 9.17) is 0 Å². The van der Waals surface area contributed by atoms with Crippen molar-refractivity contribution in [2.24, 2.45) is 0 Å². The van der Waals surface area contributed by atoms with E-state index in [1.54, 1.807) is 0 Å². The van der Waals surface area contributed by atoms with E-state index in [0.29, 0.717) is 0 Å². The molecule has 1 aliphatic carbocycles. The molecular formula is C70H38. The Labute approximate surface area is 402 Å². The highest BCUT2D eigenvalue weighted by Crippen LogP contribution is 2.58. The third-order valence-electron chi connectivity index (χ3n) is 16.4. The summed E-state index contributed by atoms with van der Waals surface area (Å²) in [7, 11) is 0. The van der Waals surface area contributed by atoms with Crippen molar-refractivity contribution >= 4 is 108 Å². The minimum absolute atomic E-state index is 1.22. The molecule has 0 bridgehead atoms. The maximum atomic E-state index is 2.56. The van der Waals surface area contributed by atoms with Crippen molar-refractivity contribution in [2.75, 3.05) is 0 Å². The van der Waals surface area contributed by atoms with Gasteiger partial charge in [0.15, 0.2) is 0 Å². The number of benzene rings is 14. The third-order valence-corrected chi connectivity index (χ3v) is 16.4. The van der Waals surface area contributed by atoms with Gasteiger partial charge in [-0.3, -0.25) is 0 Å². The van der Waals surface area contributed by atoms with E-state index >= 15 is 0 Å². The second kappa shape index (κ2) is 13.3. The van der Waals surface area contributed by atoms with Crippen LogP contribution in [0, 0.1) is 0 Å². The highest BCUT2D eigenvalue weighted by atomic mass is 14.3. The summed E-state index contributed by atoms with van der Waals surface area (Å²) in [6, 6.07) is 87.4. The lowest BCUT2D eigenvalue weighted by Crippen LogP contribution is -1.92. The molecule has 0 nitrogen and oxygen atoms in total. The molecule has 1 aliphatic rings. The Bertz CT molecular complexity index is 4790. The largest absolute Gasteiger partial charge is 0.0622 e. The first-order chi connectivity index (χ1) is 34.8. The standard InChI is InChI=1S/C70H38/c1-3-12-39(13-4-1)41-22-26-43(27-23-41)61-60-38-59-48-19-10-9-18-47(48)49-20-11-21-56(63(49)59)68(60)62(44-28-24-42(25-29-44)40-14-5-2-6-15-40)70-58-37-35-55-53-33-31-51-46-17-8-7-16-45(46)50-30-32-52(65(53)64(50)51)54-34-36-57(69(61)70)67(58)66(54)55/h1-38H. The van der Waals surface area contributed by atoms with Crippen LogP contribution in [-0.4, -0.2) is 0 Å². The van der Waals surface area contributed by atoms with Crippen molar-refractivity contribution in [3.63, 3.8) is 0 Å². The summed E-state index contributed by atoms with van der Waals surface area (Å²) in [5.41, 5.74) is 15.3. The topological polar surface area (TPSA) is 0 Å². The Morgan fingerprint density at radius 2 is 0.514 bits per heavy atom. The molecule has 0 fully saturated rings. The summed E-state index contributed by atoms with van der Waals surface area (Å²) in [4.78, 5) is 0. The van der Waals surface area contributed by atoms with Crippen molar-refractivity contribution in [3.8, 4) is 66.8 Å². The van der Waals surface area contributed by atoms with Gasteiger partial charge in [-0.25, -0.2) is 0 Å². The van der Waals surface area contributed by atoms with E-state index in [0.717, 1.165) is 0 Å². The molecule has 0 heterocycles. The zero-order valence-electron chi connectivity index (χ0n) is 37.9. The first kappa shape index (κ1) is 37.0. The Morgan fingerprint density at radius 1 is 0.143 bits per heavy atom. The molecule has 16 aromatic rings. The van der Waals surface area contributed by atoms with E-state index in [2.05, 4.69) is 231 Å². The molecule has 0 spiro atoms. The molecule has 0 N–H and O–H groups in total. The van der Waals surface area contributed by atoms with E-state index in [9.17, 15) is 0 Å². The van der Waals surface area contributed by atoms with Gasteiger partial charge in [0.1, 0.15) is 0 Å². The van der Waals surface area contributed by atoms with Gasteiger partial charge in [-0.2, -0.15) is 0 Å². The third kappa shape index (κ3) is 4.61. The Hall–Kier alpha value is -9.10. The maximum absolute atomic E-state index is 2.56. The fourth-order valence-electron chi connectivity index (χ4n) is 13.6. The molecule has 16 aromatic carbocycles. The fourth-order valence-corrected chi connectivity index (χ4v) is 13.6. The van der Waals surface area contributed by atoms with Crippen LogP contribution in [0.15, 0.2) is 231 Å². The minimum Gasteiger partial charge on any atom is -0.0622 e. The van der Waals surface area contributed by atoms with Crippen LogP contribution in [-0.2, 0) is 0 Å². The van der Waals surface area contributed by atoms with Gasteiger partial charge < -0.3 is 0 Å². The normalized spacial score (nSPS) is 12.6. The Kier molecular flexibility index (Phi) is 7.03. The predicted molar refractivity (Wildman–Crippen MR) is 301 cm³/mol. The van der Waals surface area contributed by atoms with E-state index in [1.165, 1.54) is 174 Å². The highest BCUT2D eigenvalue weighted by Gasteiger charge is 2.30. The van der Waals surface area contributed by atoms with Crippen LogP contribution in [0.25, 0.3) is 174 Å². The van der Waals surface area contributed by atoms with Crippen molar-refractivity contribution in [1.29, 1.82) is 0 Å². The molecule has 0 heteroatoms. The van der Waals surface area contributed by atoms with Crippen molar-refractivity contribution < 1.29 is 0 Å². The van der Waals surface area contributed by atoms with Crippen LogP contribution in [0.5, 0.6) is 0 Å². The lowest BCUT2D eigenvalue weighted by Gasteiger charge is -2.19. The second-order valence-electron chi connectivity index (χ2n) is 19.7. The number of hydrogen-bond donors (Lipinski definition) is 0. The van der Waals surface area contributed by atoms with Gasteiger partial charge in [0.05, 0.1) is 0 Å². The first-order valence-corrected chi connectivity index (χ1v) is 24.6. The summed E-state index contributed by atoms with van der Waals surface area (Å²) >= 11 is 0. The zero-order valence-corrected chi connectivity index (χ0v) is 37.9. The van der Waals surface area contributed by atoms with Gasteiger partial charge in [0.2, 0.25) is 0 Å². The monoisotopic (exact) mass is 878 g/mol. The van der Waals surface area contributed by atoms with Gasteiger partial charge >= 0.3 is 0 Å². The SMILES string of the molecule is c1ccc(-c2ccc(-c3c4cc5c6ccccc6c6cccc(c4c(-c4ccc(-c7ccccc7)cc4)c4c7ccc8c9ccc%10c%11c(ccc(c%12ccc(c34)c7c%128)c%119)-c3ccccc3-%10)c65)cc2)cc1. The van der Waals surface area contributed by atoms with E-state index in [1.807, 2.05) is 0 Å². The van der Waals surface area contributed by atoms with E-state index in [-0.39, 0.29) is 0 Å². The van der Waals surface area contributed by atoms with Gasteiger partial charge in [-0.15, -0.1) is 0 Å². The molecule has 17 rings (SSSR count). The van der Waals surface area contributed by atoms with Crippen LogP contribution >= 0.6 is 0 Å². The molecule has 70 heavy (non-hydrogen) atoms. The fraction of sp³-hybridized carbons (Fsp3) is 0. The lowest BCUT2D eigenvalue weighted by atomic mass is 9.83. The molecule has 0 saturated heterocycles. The van der Waals surface area contributed by atoms with Gasteiger partial charge in [-0.1, -0.05) is 224 Å². The van der Waals surface area contributed by atoms with Crippen molar-refractivity contribution in [2.45, 2.75) is 0 Å². The summed E-state index contributed by atoms with van der Waals surface area (Å²) in [6.45, 7) is 0. The molecule has 0 aromatic heterocycles.